The maximum absolute atomic E-state index is 8.15. The van der Waals surface area contributed by atoms with E-state index < -0.39 is 5.60 Å². The summed E-state index contributed by atoms with van der Waals surface area (Å²) in [6.45, 7) is 5.70. The molecule has 0 bridgehead atoms. The van der Waals surface area contributed by atoms with E-state index in [0.717, 1.165) is 5.56 Å². The lowest BCUT2D eigenvalue weighted by Crippen LogP contribution is -2.24. The van der Waals surface area contributed by atoms with Gasteiger partial charge in [0.05, 0.1) is 18.2 Å². The smallest absolute Gasteiger partial charge is 0.217 e. The zero-order valence-electron chi connectivity index (χ0n) is 12.7. The van der Waals surface area contributed by atoms with Crippen LogP contribution in [0.1, 0.15) is 26.3 Å². The highest BCUT2D eigenvalue weighted by molar-refractivity contribution is 5.97. The number of benzene rings is 1. The van der Waals surface area contributed by atoms with Gasteiger partial charge in [0.25, 0.3) is 0 Å². The molecule has 0 spiro atoms. The van der Waals surface area contributed by atoms with Gasteiger partial charge >= 0.3 is 0 Å². The Labute approximate surface area is 124 Å². The van der Waals surface area contributed by atoms with Crippen molar-refractivity contribution in [2.24, 2.45) is 0 Å². The van der Waals surface area contributed by atoms with Gasteiger partial charge in [0.2, 0.25) is 5.90 Å². The number of rotatable bonds is 3. The van der Waals surface area contributed by atoms with Crippen molar-refractivity contribution in [3.05, 3.63) is 42.2 Å². The topological polar surface area (TPSA) is 68.1 Å². The Morgan fingerprint density at radius 3 is 2.33 bits per heavy atom. The van der Waals surface area contributed by atoms with Crippen LogP contribution >= 0.6 is 0 Å². The van der Waals surface area contributed by atoms with Crippen LogP contribution in [0.4, 0.5) is 0 Å². The first-order chi connectivity index (χ1) is 9.92. The normalized spacial score (nSPS) is 11.0. The Kier molecular flexibility index (Phi) is 4.21. The maximum atomic E-state index is 8.15. The van der Waals surface area contributed by atoms with Crippen molar-refractivity contribution in [2.45, 2.75) is 26.4 Å². The number of hydrogen-bond acceptors (Lipinski definition) is 5. The number of nitrogens with one attached hydrogen (secondary N) is 1. The SMILES string of the molecule is COc1c(C(=N)OC(C)(C)C)cccc1-c1ncccn1. The third-order valence-electron chi connectivity index (χ3n) is 2.68. The van der Waals surface area contributed by atoms with Gasteiger partial charge in [-0.2, -0.15) is 0 Å². The standard InChI is InChI=1S/C16H19N3O2/c1-16(2,3)21-14(17)11-7-5-8-12(13(11)20-4)15-18-9-6-10-19-15/h5-10,17H,1-4H3. The van der Waals surface area contributed by atoms with Crippen LogP contribution < -0.4 is 4.74 Å². The molecule has 0 saturated heterocycles. The highest BCUT2D eigenvalue weighted by atomic mass is 16.5. The van der Waals surface area contributed by atoms with Crippen LogP contribution in [0.25, 0.3) is 11.4 Å². The molecule has 1 heterocycles. The summed E-state index contributed by atoms with van der Waals surface area (Å²) in [4.78, 5) is 8.46. The van der Waals surface area contributed by atoms with Gasteiger partial charge in [0.15, 0.2) is 5.82 Å². The molecule has 21 heavy (non-hydrogen) atoms. The van der Waals surface area contributed by atoms with E-state index in [1.165, 1.54) is 0 Å². The van der Waals surface area contributed by atoms with Crippen LogP contribution in [0.5, 0.6) is 5.75 Å². The molecule has 0 aliphatic heterocycles. The molecule has 2 rings (SSSR count). The van der Waals surface area contributed by atoms with Crippen LogP contribution in [0.2, 0.25) is 0 Å². The fourth-order valence-corrected chi connectivity index (χ4v) is 1.91. The minimum Gasteiger partial charge on any atom is -0.495 e. The lowest BCUT2D eigenvalue weighted by Gasteiger charge is -2.22. The first kappa shape index (κ1) is 15.0. The number of hydrogen-bond donors (Lipinski definition) is 1. The lowest BCUT2D eigenvalue weighted by molar-refractivity contribution is 0.116. The summed E-state index contributed by atoms with van der Waals surface area (Å²) in [6, 6.07) is 7.25. The van der Waals surface area contributed by atoms with E-state index in [2.05, 4.69) is 9.97 Å². The third kappa shape index (κ3) is 3.56. The fraction of sp³-hybridized carbons (Fsp3) is 0.312. The largest absolute Gasteiger partial charge is 0.495 e. The molecule has 0 amide bonds. The van der Waals surface area contributed by atoms with Crippen LogP contribution in [0.15, 0.2) is 36.7 Å². The monoisotopic (exact) mass is 285 g/mol. The Morgan fingerprint density at radius 2 is 1.76 bits per heavy atom. The zero-order chi connectivity index (χ0) is 15.5. The van der Waals surface area contributed by atoms with E-state index >= 15 is 0 Å². The number of aromatic nitrogens is 2. The molecule has 0 radical (unpaired) electrons. The molecular weight excluding hydrogens is 266 g/mol. The maximum Gasteiger partial charge on any atom is 0.217 e. The lowest BCUT2D eigenvalue weighted by atomic mass is 10.1. The summed E-state index contributed by atoms with van der Waals surface area (Å²) in [5.41, 5.74) is 0.872. The first-order valence-corrected chi connectivity index (χ1v) is 6.64. The minimum absolute atomic E-state index is 0.0668. The summed E-state index contributed by atoms with van der Waals surface area (Å²) < 4.78 is 11.1. The molecule has 0 unspecified atom stereocenters. The quantitative estimate of drug-likeness (QED) is 0.694. The van der Waals surface area contributed by atoms with Gasteiger partial charge in [-0.25, -0.2) is 9.97 Å². The molecule has 5 nitrogen and oxygen atoms in total. The van der Waals surface area contributed by atoms with E-state index in [-0.39, 0.29) is 5.90 Å². The second kappa shape index (κ2) is 5.91. The first-order valence-electron chi connectivity index (χ1n) is 6.64. The average molecular weight is 285 g/mol. The van der Waals surface area contributed by atoms with Gasteiger partial charge in [-0.15, -0.1) is 0 Å². The predicted molar refractivity (Wildman–Crippen MR) is 81.7 cm³/mol. The summed E-state index contributed by atoms with van der Waals surface area (Å²) in [5.74, 6) is 1.16. The van der Waals surface area contributed by atoms with Crippen molar-refractivity contribution in [3.63, 3.8) is 0 Å². The highest BCUT2D eigenvalue weighted by Gasteiger charge is 2.20. The van der Waals surface area contributed by atoms with Crippen molar-refractivity contribution in [3.8, 4) is 17.1 Å². The molecule has 2 aromatic rings. The van der Waals surface area contributed by atoms with Crippen molar-refractivity contribution in [1.29, 1.82) is 5.41 Å². The summed E-state index contributed by atoms with van der Waals surface area (Å²) in [5, 5.41) is 8.15. The van der Waals surface area contributed by atoms with E-state index in [4.69, 9.17) is 14.9 Å². The third-order valence-corrected chi connectivity index (χ3v) is 2.68. The predicted octanol–water partition coefficient (Wildman–Crippen LogP) is 3.29. The molecule has 0 atom stereocenters. The van der Waals surface area contributed by atoms with Gasteiger partial charge in [-0.3, -0.25) is 5.41 Å². The van der Waals surface area contributed by atoms with Crippen molar-refractivity contribution in [1.82, 2.24) is 9.97 Å². The van der Waals surface area contributed by atoms with E-state index in [1.54, 1.807) is 31.6 Å². The summed E-state index contributed by atoms with van der Waals surface area (Å²) >= 11 is 0. The van der Waals surface area contributed by atoms with Crippen molar-refractivity contribution >= 4 is 5.90 Å². The fourth-order valence-electron chi connectivity index (χ4n) is 1.91. The average Bonchev–Trinajstić information content (AvgIpc) is 2.45. The molecule has 0 fully saturated rings. The molecule has 1 aromatic heterocycles. The Morgan fingerprint density at radius 1 is 1.10 bits per heavy atom. The van der Waals surface area contributed by atoms with Crippen LogP contribution in [-0.2, 0) is 4.74 Å². The van der Waals surface area contributed by atoms with Gasteiger partial charge in [0.1, 0.15) is 11.4 Å². The molecule has 1 aromatic carbocycles. The van der Waals surface area contributed by atoms with Gasteiger partial charge in [0, 0.05) is 12.4 Å². The number of ether oxygens (including phenoxy) is 2. The molecule has 0 saturated carbocycles. The number of para-hydroxylation sites is 1. The molecular formula is C16H19N3O2. The summed E-state index contributed by atoms with van der Waals surface area (Å²) in [6.07, 6.45) is 3.34. The molecule has 1 N–H and O–H groups in total. The summed E-state index contributed by atoms with van der Waals surface area (Å²) in [7, 11) is 1.57. The van der Waals surface area contributed by atoms with Crippen LogP contribution in [-0.4, -0.2) is 28.6 Å². The van der Waals surface area contributed by atoms with E-state index in [0.29, 0.717) is 17.1 Å². The minimum atomic E-state index is -0.443. The van der Waals surface area contributed by atoms with Crippen molar-refractivity contribution in [2.75, 3.05) is 7.11 Å². The molecule has 0 aliphatic carbocycles. The molecule has 5 heteroatoms. The Balaban J connectivity index is 2.47. The van der Waals surface area contributed by atoms with Crippen molar-refractivity contribution < 1.29 is 9.47 Å². The second-order valence-corrected chi connectivity index (χ2v) is 5.50. The number of methoxy groups -OCH3 is 1. The van der Waals surface area contributed by atoms with E-state index in [9.17, 15) is 0 Å². The second-order valence-electron chi connectivity index (χ2n) is 5.50. The Hall–Kier alpha value is -2.43. The zero-order valence-corrected chi connectivity index (χ0v) is 12.7. The molecule has 0 aliphatic rings. The van der Waals surface area contributed by atoms with Gasteiger partial charge in [-0.1, -0.05) is 6.07 Å². The van der Waals surface area contributed by atoms with Crippen LogP contribution in [0.3, 0.4) is 0 Å². The molecule has 110 valence electrons. The number of nitrogens with zero attached hydrogens (tertiary/aromatic N) is 2. The Bertz CT molecular complexity index is 634. The van der Waals surface area contributed by atoms with E-state index in [1.807, 2.05) is 32.9 Å². The highest BCUT2D eigenvalue weighted by Crippen LogP contribution is 2.31. The van der Waals surface area contributed by atoms with Crippen LogP contribution in [0, 0.1) is 5.41 Å². The van der Waals surface area contributed by atoms with Gasteiger partial charge < -0.3 is 9.47 Å². The van der Waals surface area contributed by atoms with Gasteiger partial charge in [-0.05, 0) is 39.0 Å².